The lowest BCUT2D eigenvalue weighted by Crippen LogP contribution is -2.61. The number of likely N-dealkylation sites (tertiary alicyclic amines) is 1. The molecule has 3 fully saturated rings. The molecule has 5 rings (SSSR count). The molecular formula is C30H35F3N2O2. The van der Waals surface area contributed by atoms with Gasteiger partial charge in [-0.25, -0.2) is 0 Å². The number of fused-ring (bicyclic) bond motifs is 1. The minimum absolute atomic E-state index is 0.202. The Morgan fingerprint density at radius 2 is 1.89 bits per heavy atom. The first-order chi connectivity index (χ1) is 17.8. The Bertz CT molecular complexity index is 1130. The number of ether oxygens (including phenoxy) is 1. The summed E-state index contributed by atoms with van der Waals surface area (Å²) < 4.78 is 47.7. The van der Waals surface area contributed by atoms with Crippen LogP contribution in [0.5, 0.6) is 5.75 Å². The standard InChI is InChI=1S/C30H35F3N2O2/c1-37-25-12-7-11-23(17-25)29-15-6-5-10-24(29)20-35(19-22-13-14-22)27(18-29)34-28(36)26(30(31,32)33)16-21-8-3-2-4-9-21/h2-4,7-9,11-12,16-17,22,24,27H,5-6,10,13-15,18-20H2,1H3,(H,34,36)/t24?,27-,29-/m0/s1. The van der Waals surface area contributed by atoms with Crippen LogP contribution in [-0.4, -0.2) is 43.3 Å². The lowest BCUT2D eigenvalue weighted by Gasteiger charge is -2.54. The van der Waals surface area contributed by atoms with Gasteiger partial charge in [-0.05, 0) is 73.3 Å². The molecule has 2 aromatic carbocycles. The van der Waals surface area contributed by atoms with Crippen molar-refractivity contribution in [1.82, 2.24) is 10.2 Å². The van der Waals surface area contributed by atoms with E-state index in [1.807, 2.05) is 12.1 Å². The summed E-state index contributed by atoms with van der Waals surface area (Å²) in [7, 11) is 1.65. The van der Waals surface area contributed by atoms with Crippen molar-refractivity contribution in [3.63, 3.8) is 0 Å². The summed E-state index contributed by atoms with van der Waals surface area (Å²) in [6.45, 7) is 1.60. The summed E-state index contributed by atoms with van der Waals surface area (Å²) in [6.07, 6.45) is 2.88. The maximum Gasteiger partial charge on any atom is 0.421 e. The Hall–Kier alpha value is -2.80. The number of halogens is 3. The largest absolute Gasteiger partial charge is 0.497 e. The van der Waals surface area contributed by atoms with Gasteiger partial charge in [-0.3, -0.25) is 9.69 Å². The number of piperidine rings is 1. The molecule has 0 aromatic heterocycles. The quantitative estimate of drug-likeness (QED) is 0.441. The van der Waals surface area contributed by atoms with Crippen molar-refractivity contribution in [2.45, 2.75) is 62.7 Å². The Labute approximate surface area is 216 Å². The predicted octanol–water partition coefficient (Wildman–Crippen LogP) is 6.33. The van der Waals surface area contributed by atoms with Gasteiger partial charge in [-0.2, -0.15) is 13.2 Å². The number of rotatable bonds is 7. The van der Waals surface area contributed by atoms with Crippen LogP contribution in [0.3, 0.4) is 0 Å². The van der Waals surface area contributed by atoms with E-state index < -0.39 is 23.8 Å². The van der Waals surface area contributed by atoms with Gasteiger partial charge in [0, 0.05) is 18.5 Å². The van der Waals surface area contributed by atoms with Crippen molar-refractivity contribution in [2.24, 2.45) is 11.8 Å². The van der Waals surface area contributed by atoms with Gasteiger partial charge in [-0.1, -0.05) is 55.3 Å². The number of carbonyl (C=O) groups excluding carboxylic acids is 1. The van der Waals surface area contributed by atoms with Crippen LogP contribution in [0.1, 0.15) is 56.1 Å². The van der Waals surface area contributed by atoms with E-state index in [1.54, 1.807) is 37.4 Å². The van der Waals surface area contributed by atoms with Crippen LogP contribution < -0.4 is 10.1 Å². The Morgan fingerprint density at radius 1 is 1.11 bits per heavy atom. The highest BCUT2D eigenvalue weighted by Crippen LogP contribution is 2.51. The monoisotopic (exact) mass is 512 g/mol. The normalized spacial score (nSPS) is 26.9. The molecule has 1 heterocycles. The molecule has 2 aromatic rings. The van der Waals surface area contributed by atoms with Crippen molar-refractivity contribution < 1.29 is 22.7 Å². The van der Waals surface area contributed by atoms with E-state index in [2.05, 4.69) is 22.3 Å². The molecule has 1 N–H and O–H groups in total. The maximum absolute atomic E-state index is 14.1. The summed E-state index contributed by atoms with van der Waals surface area (Å²) in [5, 5.41) is 2.85. The second kappa shape index (κ2) is 10.5. The lowest BCUT2D eigenvalue weighted by molar-refractivity contribution is -0.133. The number of nitrogens with zero attached hydrogens (tertiary/aromatic N) is 1. The number of carbonyl (C=O) groups is 1. The van der Waals surface area contributed by atoms with Crippen LogP contribution >= 0.6 is 0 Å². The molecule has 2 aliphatic carbocycles. The van der Waals surface area contributed by atoms with Gasteiger partial charge in [0.1, 0.15) is 11.3 Å². The van der Waals surface area contributed by atoms with Gasteiger partial charge in [0.05, 0.1) is 13.3 Å². The Balaban J connectivity index is 1.47. The van der Waals surface area contributed by atoms with Gasteiger partial charge >= 0.3 is 6.18 Å². The molecular weight excluding hydrogens is 477 g/mol. The molecule has 1 amide bonds. The van der Waals surface area contributed by atoms with E-state index in [9.17, 15) is 18.0 Å². The SMILES string of the molecule is COc1cccc([C@@]23CCCCC2CN(CC2CC2)[C@H](NC(=O)C(=Cc2ccccc2)C(F)(F)F)C3)c1. The third-order valence-corrected chi connectivity index (χ3v) is 8.45. The molecule has 198 valence electrons. The molecule has 7 heteroatoms. The Morgan fingerprint density at radius 3 is 2.59 bits per heavy atom. The fourth-order valence-corrected chi connectivity index (χ4v) is 6.36. The van der Waals surface area contributed by atoms with E-state index in [4.69, 9.17) is 4.74 Å². The number of benzene rings is 2. The fourth-order valence-electron chi connectivity index (χ4n) is 6.36. The molecule has 3 aliphatic rings. The van der Waals surface area contributed by atoms with E-state index in [1.165, 1.54) is 0 Å². The number of amides is 1. The molecule has 2 saturated carbocycles. The molecule has 4 nitrogen and oxygen atoms in total. The van der Waals surface area contributed by atoms with Crippen molar-refractivity contribution in [3.05, 3.63) is 71.3 Å². The van der Waals surface area contributed by atoms with Gasteiger partial charge < -0.3 is 10.1 Å². The topological polar surface area (TPSA) is 41.6 Å². The van der Waals surface area contributed by atoms with E-state index in [0.717, 1.165) is 69.0 Å². The average Bonchev–Trinajstić information content (AvgIpc) is 3.71. The summed E-state index contributed by atoms with van der Waals surface area (Å²) in [5.41, 5.74) is 0.152. The van der Waals surface area contributed by atoms with E-state index in [0.29, 0.717) is 23.8 Å². The molecule has 37 heavy (non-hydrogen) atoms. The van der Waals surface area contributed by atoms with Crippen molar-refractivity contribution in [1.29, 1.82) is 0 Å². The summed E-state index contributed by atoms with van der Waals surface area (Å²) in [5.74, 6) is 0.677. The van der Waals surface area contributed by atoms with Crippen LogP contribution in [0.25, 0.3) is 6.08 Å². The van der Waals surface area contributed by atoms with Gasteiger partial charge in [0.15, 0.2) is 0 Å². The third kappa shape index (κ3) is 5.71. The number of nitrogens with one attached hydrogen (secondary N) is 1. The van der Waals surface area contributed by atoms with Gasteiger partial charge in [0.2, 0.25) is 0 Å². The highest BCUT2D eigenvalue weighted by atomic mass is 19.4. The van der Waals surface area contributed by atoms with Gasteiger partial charge in [-0.15, -0.1) is 0 Å². The third-order valence-electron chi connectivity index (χ3n) is 8.45. The molecule has 0 spiro atoms. The summed E-state index contributed by atoms with van der Waals surface area (Å²) >= 11 is 0. The van der Waals surface area contributed by atoms with Gasteiger partial charge in [0.25, 0.3) is 5.91 Å². The van der Waals surface area contributed by atoms with Crippen molar-refractivity contribution in [2.75, 3.05) is 20.2 Å². The molecule has 0 radical (unpaired) electrons. The first kappa shape index (κ1) is 25.8. The minimum Gasteiger partial charge on any atom is -0.497 e. The molecule has 1 saturated heterocycles. The first-order valence-electron chi connectivity index (χ1n) is 13.3. The maximum atomic E-state index is 14.1. The summed E-state index contributed by atoms with van der Waals surface area (Å²) in [6, 6.07) is 16.3. The zero-order valence-corrected chi connectivity index (χ0v) is 21.3. The molecule has 0 bridgehead atoms. The van der Waals surface area contributed by atoms with Crippen molar-refractivity contribution in [3.8, 4) is 5.75 Å². The van der Waals surface area contributed by atoms with Crippen LogP contribution in [0, 0.1) is 11.8 Å². The zero-order valence-electron chi connectivity index (χ0n) is 21.3. The second-order valence-corrected chi connectivity index (χ2v) is 10.9. The lowest BCUT2D eigenvalue weighted by atomic mass is 9.58. The smallest absolute Gasteiger partial charge is 0.421 e. The van der Waals surface area contributed by atoms with E-state index in [-0.39, 0.29) is 5.41 Å². The van der Waals surface area contributed by atoms with Crippen LogP contribution in [0.15, 0.2) is 60.2 Å². The highest BCUT2D eigenvalue weighted by Gasteiger charge is 2.50. The number of alkyl halides is 3. The summed E-state index contributed by atoms with van der Waals surface area (Å²) in [4.78, 5) is 15.5. The van der Waals surface area contributed by atoms with Crippen LogP contribution in [-0.2, 0) is 10.2 Å². The first-order valence-corrected chi connectivity index (χ1v) is 13.3. The zero-order chi connectivity index (χ0) is 26.0. The second-order valence-electron chi connectivity index (χ2n) is 10.9. The molecule has 1 aliphatic heterocycles. The number of methoxy groups -OCH3 is 1. The average molecular weight is 513 g/mol. The predicted molar refractivity (Wildman–Crippen MR) is 138 cm³/mol. The minimum atomic E-state index is -4.76. The van der Waals surface area contributed by atoms with Crippen LogP contribution in [0.2, 0.25) is 0 Å². The van der Waals surface area contributed by atoms with Crippen molar-refractivity contribution >= 4 is 12.0 Å². The van der Waals surface area contributed by atoms with E-state index >= 15 is 0 Å². The number of hydrogen-bond acceptors (Lipinski definition) is 3. The Kier molecular flexibility index (Phi) is 7.35. The van der Waals surface area contributed by atoms with Crippen LogP contribution in [0.4, 0.5) is 13.2 Å². The molecule has 3 atom stereocenters. The number of hydrogen-bond donors (Lipinski definition) is 1. The fraction of sp³-hybridized carbons (Fsp3) is 0.500. The highest BCUT2D eigenvalue weighted by molar-refractivity contribution is 5.99. The molecule has 1 unspecified atom stereocenters.